The van der Waals surface area contributed by atoms with Crippen LogP contribution in [0.4, 0.5) is 10.1 Å². The number of carboxylic acid groups (broad SMARTS) is 1. The Bertz CT molecular complexity index is 477. The quantitative estimate of drug-likeness (QED) is 0.814. The number of hydrogen-bond donors (Lipinski definition) is 1. The second-order valence-corrected chi connectivity index (χ2v) is 5.18. The van der Waals surface area contributed by atoms with Gasteiger partial charge in [-0.2, -0.15) is 11.8 Å². The van der Waals surface area contributed by atoms with E-state index < -0.39 is 5.97 Å². The van der Waals surface area contributed by atoms with Crippen LogP contribution in [-0.4, -0.2) is 36.2 Å². The first-order valence-electron chi connectivity index (χ1n) is 5.88. The van der Waals surface area contributed by atoms with Gasteiger partial charge in [0.15, 0.2) is 0 Å². The maximum atomic E-state index is 14.0. The van der Waals surface area contributed by atoms with E-state index in [9.17, 15) is 9.18 Å². The molecule has 0 heterocycles. The molecule has 0 saturated carbocycles. The molecule has 0 radical (unpaired) electrons. The number of aliphatic carboxylic acids is 1. The summed E-state index contributed by atoms with van der Waals surface area (Å²) in [7, 11) is 1.82. The molecule has 1 unspecified atom stereocenters. The average molecular weight is 283 g/mol. The lowest BCUT2D eigenvalue weighted by atomic mass is 10.1. The van der Waals surface area contributed by atoms with Crippen molar-refractivity contribution in [2.75, 3.05) is 24.0 Å². The molecule has 3 nitrogen and oxygen atoms in total. The lowest BCUT2D eigenvalue weighted by Gasteiger charge is -2.28. The van der Waals surface area contributed by atoms with Crippen molar-refractivity contribution < 1.29 is 14.3 Å². The van der Waals surface area contributed by atoms with Crippen molar-refractivity contribution in [2.45, 2.75) is 13.0 Å². The summed E-state index contributed by atoms with van der Waals surface area (Å²) < 4.78 is 14.0. The van der Waals surface area contributed by atoms with Crippen LogP contribution in [0.5, 0.6) is 0 Å². The van der Waals surface area contributed by atoms with Gasteiger partial charge in [0.2, 0.25) is 0 Å². The SMILES string of the molecule is CSCC(C)N(C)c1c(F)cccc1/C=C/C(=O)O. The van der Waals surface area contributed by atoms with Crippen molar-refractivity contribution in [1.29, 1.82) is 0 Å². The molecule has 0 aliphatic rings. The van der Waals surface area contributed by atoms with Crippen molar-refractivity contribution in [3.63, 3.8) is 0 Å². The third kappa shape index (κ3) is 4.28. The Morgan fingerprint density at radius 1 is 1.58 bits per heavy atom. The van der Waals surface area contributed by atoms with E-state index in [1.54, 1.807) is 23.9 Å². The summed E-state index contributed by atoms with van der Waals surface area (Å²) in [6.45, 7) is 2.01. The van der Waals surface area contributed by atoms with E-state index in [1.807, 2.05) is 25.1 Å². The molecule has 19 heavy (non-hydrogen) atoms. The lowest BCUT2D eigenvalue weighted by Crippen LogP contribution is -2.32. The fraction of sp³-hybridized carbons (Fsp3) is 0.357. The van der Waals surface area contributed by atoms with Crippen molar-refractivity contribution in [3.8, 4) is 0 Å². The smallest absolute Gasteiger partial charge is 0.328 e. The van der Waals surface area contributed by atoms with Crippen LogP contribution in [0.3, 0.4) is 0 Å². The molecule has 1 atom stereocenters. The highest BCUT2D eigenvalue weighted by Crippen LogP contribution is 2.27. The molecule has 0 aliphatic carbocycles. The largest absolute Gasteiger partial charge is 0.478 e. The zero-order chi connectivity index (χ0) is 14.4. The van der Waals surface area contributed by atoms with Gasteiger partial charge in [0.05, 0.1) is 5.69 Å². The zero-order valence-corrected chi connectivity index (χ0v) is 12.1. The van der Waals surface area contributed by atoms with E-state index in [4.69, 9.17) is 5.11 Å². The van der Waals surface area contributed by atoms with Gasteiger partial charge in [0, 0.05) is 30.5 Å². The molecule has 0 amide bonds. The predicted molar refractivity (Wildman–Crippen MR) is 79.3 cm³/mol. The van der Waals surface area contributed by atoms with E-state index in [1.165, 1.54) is 12.1 Å². The Kier molecular flexibility index (Phi) is 5.89. The number of carboxylic acids is 1. The van der Waals surface area contributed by atoms with Gasteiger partial charge in [-0.25, -0.2) is 9.18 Å². The number of para-hydroxylation sites is 1. The van der Waals surface area contributed by atoms with Gasteiger partial charge < -0.3 is 10.0 Å². The summed E-state index contributed by atoms with van der Waals surface area (Å²) in [5, 5.41) is 8.67. The summed E-state index contributed by atoms with van der Waals surface area (Å²) in [5.74, 6) is -0.523. The highest BCUT2D eigenvalue weighted by Gasteiger charge is 2.16. The van der Waals surface area contributed by atoms with Gasteiger partial charge >= 0.3 is 5.97 Å². The van der Waals surface area contributed by atoms with Crippen molar-refractivity contribution in [2.24, 2.45) is 0 Å². The third-order valence-corrected chi connectivity index (χ3v) is 3.66. The van der Waals surface area contributed by atoms with Gasteiger partial charge in [-0.1, -0.05) is 12.1 Å². The molecule has 5 heteroatoms. The molecule has 0 spiro atoms. The van der Waals surface area contributed by atoms with Crippen molar-refractivity contribution >= 4 is 29.5 Å². The number of halogens is 1. The monoisotopic (exact) mass is 283 g/mol. The Labute approximate surface area is 117 Å². The van der Waals surface area contributed by atoms with Gasteiger partial charge in [-0.15, -0.1) is 0 Å². The number of rotatable bonds is 6. The van der Waals surface area contributed by atoms with Crippen LogP contribution in [-0.2, 0) is 4.79 Å². The maximum absolute atomic E-state index is 14.0. The third-order valence-electron chi connectivity index (χ3n) is 2.85. The Morgan fingerprint density at radius 2 is 2.26 bits per heavy atom. The van der Waals surface area contributed by atoms with Crippen LogP contribution >= 0.6 is 11.8 Å². The van der Waals surface area contributed by atoms with Crippen LogP contribution in [0.15, 0.2) is 24.3 Å². The molecule has 1 aromatic carbocycles. The molecule has 0 saturated heterocycles. The van der Waals surface area contributed by atoms with Crippen LogP contribution in [0.2, 0.25) is 0 Å². The number of thioether (sulfide) groups is 1. The van der Waals surface area contributed by atoms with Crippen molar-refractivity contribution in [3.05, 3.63) is 35.7 Å². The zero-order valence-electron chi connectivity index (χ0n) is 11.3. The van der Waals surface area contributed by atoms with E-state index >= 15 is 0 Å². The van der Waals surface area contributed by atoms with Crippen LogP contribution in [0.25, 0.3) is 6.08 Å². The van der Waals surface area contributed by atoms with E-state index in [0.29, 0.717) is 11.3 Å². The summed E-state index contributed by atoms with van der Waals surface area (Å²) in [6, 6.07) is 4.83. The van der Waals surface area contributed by atoms with Crippen LogP contribution < -0.4 is 4.90 Å². The molecule has 0 bridgehead atoms. The molecule has 104 valence electrons. The van der Waals surface area contributed by atoms with Gasteiger partial charge in [0.25, 0.3) is 0 Å². The first kappa shape index (κ1) is 15.6. The summed E-state index contributed by atoms with van der Waals surface area (Å²) >= 11 is 1.69. The lowest BCUT2D eigenvalue weighted by molar-refractivity contribution is -0.131. The second-order valence-electron chi connectivity index (χ2n) is 4.26. The summed E-state index contributed by atoms with van der Waals surface area (Å²) in [6.07, 6.45) is 4.44. The summed E-state index contributed by atoms with van der Waals surface area (Å²) in [4.78, 5) is 12.4. The number of anilines is 1. The van der Waals surface area contributed by atoms with Gasteiger partial charge in [-0.3, -0.25) is 0 Å². The number of benzene rings is 1. The minimum absolute atomic E-state index is 0.156. The molecule has 1 aromatic rings. The number of nitrogens with zero attached hydrogens (tertiary/aromatic N) is 1. The predicted octanol–water partition coefficient (Wildman–Crippen LogP) is 3.11. The highest BCUT2D eigenvalue weighted by molar-refractivity contribution is 7.98. The fourth-order valence-corrected chi connectivity index (χ4v) is 2.48. The van der Waals surface area contributed by atoms with Gasteiger partial charge in [0.1, 0.15) is 5.82 Å². The first-order chi connectivity index (χ1) is 8.97. The highest BCUT2D eigenvalue weighted by atomic mass is 32.2. The second kappa shape index (κ2) is 7.19. The van der Waals surface area contributed by atoms with Gasteiger partial charge in [-0.05, 0) is 25.3 Å². The molecule has 1 rings (SSSR count). The number of hydrogen-bond acceptors (Lipinski definition) is 3. The molecule has 0 aromatic heterocycles. The van der Waals surface area contributed by atoms with Crippen LogP contribution in [0, 0.1) is 5.82 Å². The Hall–Kier alpha value is -1.49. The fourth-order valence-electron chi connectivity index (χ4n) is 1.77. The van der Waals surface area contributed by atoms with E-state index in [0.717, 1.165) is 11.8 Å². The Balaban J connectivity index is 3.13. The number of carbonyl (C=O) groups is 1. The van der Waals surface area contributed by atoms with Crippen LogP contribution in [0.1, 0.15) is 12.5 Å². The molecular weight excluding hydrogens is 265 g/mol. The normalized spacial score (nSPS) is 12.6. The molecular formula is C14H18FNO2S. The Morgan fingerprint density at radius 3 is 2.84 bits per heavy atom. The van der Waals surface area contributed by atoms with E-state index in [-0.39, 0.29) is 11.9 Å². The minimum atomic E-state index is -1.05. The minimum Gasteiger partial charge on any atom is -0.478 e. The van der Waals surface area contributed by atoms with E-state index in [2.05, 4.69) is 0 Å². The topological polar surface area (TPSA) is 40.5 Å². The standard InChI is InChI=1S/C14H18FNO2S/c1-10(9-19-3)16(2)14-11(7-8-13(17)18)5-4-6-12(14)15/h4-8,10H,9H2,1-3H3,(H,17,18)/b8-7+. The maximum Gasteiger partial charge on any atom is 0.328 e. The summed E-state index contributed by atoms with van der Waals surface area (Å²) in [5.41, 5.74) is 0.999. The molecule has 1 N–H and O–H groups in total. The first-order valence-corrected chi connectivity index (χ1v) is 7.28. The van der Waals surface area contributed by atoms with Crippen molar-refractivity contribution in [1.82, 2.24) is 0 Å². The average Bonchev–Trinajstić information content (AvgIpc) is 2.35. The molecule has 0 fully saturated rings. The molecule has 0 aliphatic heterocycles.